The largest absolute Gasteiger partial charge is 0.339 e. The van der Waals surface area contributed by atoms with Crippen molar-refractivity contribution in [3.8, 4) is 0 Å². The topological polar surface area (TPSA) is 54.3 Å². The van der Waals surface area contributed by atoms with Gasteiger partial charge in [-0.3, -0.25) is 9.69 Å². The van der Waals surface area contributed by atoms with E-state index in [-0.39, 0.29) is 18.0 Å². The van der Waals surface area contributed by atoms with Crippen LogP contribution in [0.2, 0.25) is 0 Å². The number of amides is 1. The predicted octanol–water partition coefficient (Wildman–Crippen LogP) is 1.71. The summed E-state index contributed by atoms with van der Waals surface area (Å²) in [7, 11) is 0. The first kappa shape index (κ1) is 15.5. The lowest BCUT2D eigenvalue weighted by Gasteiger charge is -2.37. The lowest BCUT2D eigenvalue weighted by molar-refractivity contribution is -0.138. The summed E-state index contributed by atoms with van der Waals surface area (Å²) in [4.78, 5) is 21.3. The molecule has 2 fully saturated rings. The Morgan fingerprint density at radius 1 is 1.14 bits per heavy atom. The smallest absolute Gasteiger partial charge is 0.239 e. The zero-order chi connectivity index (χ0) is 15.4. The number of piperidine rings is 1. The summed E-state index contributed by atoms with van der Waals surface area (Å²) in [5.41, 5.74) is 0. The zero-order valence-electron chi connectivity index (χ0n) is 13.5. The van der Waals surface area contributed by atoms with Gasteiger partial charge >= 0.3 is 0 Å². The lowest BCUT2D eigenvalue weighted by atomic mass is 10.0. The van der Waals surface area contributed by atoms with Crippen molar-refractivity contribution in [2.24, 2.45) is 0 Å². The van der Waals surface area contributed by atoms with E-state index in [1.54, 1.807) is 12.7 Å². The molecule has 22 heavy (non-hydrogen) atoms. The Hall–Kier alpha value is -1.43. The SMILES string of the molecule is C[C@H](C(=O)N1CCC[C@H](n2cncn2)C1)N1CCCCCC1. The van der Waals surface area contributed by atoms with Gasteiger partial charge in [0.25, 0.3) is 0 Å². The van der Waals surface area contributed by atoms with Gasteiger partial charge in [-0.1, -0.05) is 12.8 Å². The molecular weight excluding hydrogens is 278 g/mol. The van der Waals surface area contributed by atoms with Crippen LogP contribution in [-0.4, -0.2) is 62.7 Å². The van der Waals surface area contributed by atoms with Crippen molar-refractivity contribution in [1.82, 2.24) is 24.6 Å². The number of hydrogen-bond donors (Lipinski definition) is 0. The van der Waals surface area contributed by atoms with E-state index in [9.17, 15) is 4.79 Å². The lowest BCUT2D eigenvalue weighted by Crippen LogP contribution is -2.50. The molecule has 0 spiro atoms. The Bertz CT molecular complexity index is 467. The van der Waals surface area contributed by atoms with Gasteiger partial charge in [-0.15, -0.1) is 0 Å². The van der Waals surface area contributed by atoms with E-state index in [2.05, 4.69) is 21.9 Å². The maximum Gasteiger partial charge on any atom is 0.239 e. The molecule has 122 valence electrons. The van der Waals surface area contributed by atoms with Gasteiger partial charge in [-0.2, -0.15) is 5.10 Å². The Morgan fingerprint density at radius 2 is 1.91 bits per heavy atom. The normalized spacial score (nSPS) is 25.7. The number of carbonyl (C=O) groups excluding carboxylic acids is 1. The second-order valence-electron chi connectivity index (χ2n) is 6.58. The Balaban J connectivity index is 1.60. The molecule has 1 aromatic heterocycles. The molecule has 1 amide bonds. The second-order valence-corrected chi connectivity index (χ2v) is 6.58. The van der Waals surface area contributed by atoms with E-state index in [4.69, 9.17) is 0 Å². The Kier molecular flexibility index (Phi) is 5.08. The third kappa shape index (κ3) is 3.48. The Morgan fingerprint density at radius 3 is 2.59 bits per heavy atom. The van der Waals surface area contributed by atoms with Crippen molar-refractivity contribution in [2.45, 2.75) is 57.5 Å². The van der Waals surface area contributed by atoms with E-state index < -0.39 is 0 Å². The van der Waals surface area contributed by atoms with E-state index in [1.807, 2.05) is 9.58 Å². The molecule has 6 nitrogen and oxygen atoms in total. The average Bonchev–Trinajstić information content (AvgIpc) is 2.96. The van der Waals surface area contributed by atoms with Gasteiger partial charge in [0.2, 0.25) is 5.91 Å². The summed E-state index contributed by atoms with van der Waals surface area (Å²) >= 11 is 0. The number of likely N-dealkylation sites (tertiary alicyclic amines) is 2. The fourth-order valence-electron chi connectivity index (χ4n) is 3.68. The molecule has 2 aliphatic heterocycles. The van der Waals surface area contributed by atoms with E-state index >= 15 is 0 Å². The van der Waals surface area contributed by atoms with Crippen LogP contribution in [-0.2, 0) is 4.79 Å². The molecule has 2 saturated heterocycles. The Labute approximate surface area is 132 Å². The fourth-order valence-corrected chi connectivity index (χ4v) is 3.68. The van der Waals surface area contributed by atoms with Gasteiger partial charge in [0.05, 0.1) is 12.1 Å². The van der Waals surface area contributed by atoms with Crippen molar-refractivity contribution < 1.29 is 4.79 Å². The van der Waals surface area contributed by atoms with E-state index in [1.165, 1.54) is 25.7 Å². The molecule has 0 aromatic carbocycles. The van der Waals surface area contributed by atoms with Gasteiger partial charge in [0.1, 0.15) is 12.7 Å². The van der Waals surface area contributed by atoms with Crippen LogP contribution in [0.5, 0.6) is 0 Å². The molecule has 1 aromatic rings. The third-order valence-electron chi connectivity index (χ3n) is 5.06. The van der Waals surface area contributed by atoms with Crippen molar-refractivity contribution in [3.63, 3.8) is 0 Å². The van der Waals surface area contributed by atoms with Crippen molar-refractivity contribution in [2.75, 3.05) is 26.2 Å². The van der Waals surface area contributed by atoms with Crippen LogP contribution in [0.3, 0.4) is 0 Å². The van der Waals surface area contributed by atoms with Crippen LogP contribution < -0.4 is 0 Å². The van der Waals surface area contributed by atoms with Crippen LogP contribution >= 0.6 is 0 Å². The molecule has 0 unspecified atom stereocenters. The standard InChI is InChI=1S/C16H27N5O/c1-14(19-8-4-2-3-5-9-19)16(22)20-10-6-7-15(11-20)21-13-17-12-18-21/h12-15H,2-11H2,1H3/t14-,15+/m1/s1. The predicted molar refractivity (Wildman–Crippen MR) is 84.4 cm³/mol. The van der Waals surface area contributed by atoms with Gasteiger partial charge in [-0.05, 0) is 45.7 Å². The average molecular weight is 305 g/mol. The summed E-state index contributed by atoms with van der Waals surface area (Å²) in [6, 6.07) is 0.282. The monoisotopic (exact) mass is 305 g/mol. The second kappa shape index (κ2) is 7.22. The molecule has 3 rings (SSSR count). The molecule has 0 bridgehead atoms. The zero-order valence-corrected chi connectivity index (χ0v) is 13.5. The summed E-state index contributed by atoms with van der Waals surface area (Å²) in [6.45, 7) is 5.84. The fraction of sp³-hybridized carbons (Fsp3) is 0.812. The van der Waals surface area contributed by atoms with E-state index in [0.717, 1.165) is 39.0 Å². The molecule has 0 saturated carbocycles. The first-order valence-corrected chi connectivity index (χ1v) is 8.62. The minimum Gasteiger partial charge on any atom is -0.339 e. The van der Waals surface area contributed by atoms with Crippen LogP contribution in [0.25, 0.3) is 0 Å². The summed E-state index contributed by atoms with van der Waals surface area (Å²) < 4.78 is 1.90. The summed E-state index contributed by atoms with van der Waals surface area (Å²) in [5, 5.41) is 4.24. The molecule has 0 radical (unpaired) electrons. The molecule has 2 aliphatic rings. The minimum absolute atomic E-state index is 0.00703. The number of rotatable bonds is 3. The molecule has 6 heteroatoms. The molecule has 0 N–H and O–H groups in total. The van der Waals surface area contributed by atoms with Crippen LogP contribution in [0, 0.1) is 0 Å². The van der Waals surface area contributed by atoms with Gasteiger partial charge < -0.3 is 4.90 Å². The highest BCUT2D eigenvalue weighted by atomic mass is 16.2. The third-order valence-corrected chi connectivity index (χ3v) is 5.06. The van der Waals surface area contributed by atoms with Crippen molar-refractivity contribution in [1.29, 1.82) is 0 Å². The highest BCUT2D eigenvalue weighted by Gasteiger charge is 2.30. The number of nitrogens with zero attached hydrogens (tertiary/aromatic N) is 5. The van der Waals surface area contributed by atoms with Gasteiger partial charge in [0.15, 0.2) is 0 Å². The van der Waals surface area contributed by atoms with Gasteiger partial charge in [-0.25, -0.2) is 9.67 Å². The molecular formula is C16H27N5O. The van der Waals surface area contributed by atoms with Crippen LogP contribution in [0.15, 0.2) is 12.7 Å². The van der Waals surface area contributed by atoms with Crippen LogP contribution in [0.1, 0.15) is 51.5 Å². The summed E-state index contributed by atoms with van der Waals surface area (Å²) in [6.07, 6.45) is 10.5. The van der Waals surface area contributed by atoms with Crippen molar-refractivity contribution in [3.05, 3.63) is 12.7 Å². The number of aromatic nitrogens is 3. The molecule has 2 atom stereocenters. The quantitative estimate of drug-likeness (QED) is 0.853. The minimum atomic E-state index is 0.00703. The van der Waals surface area contributed by atoms with Crippen LogP contribution in [0.4, 0.5) is 0 Å². The van der Waals surface area contributed by atoms with E-state index in [0.29, 0.717) is 0 Å². The summed E-state index contributed by atoms with van der Waals surface area (Å²) in [5.74, 6) is 0.284. The highest BCUT2D eigenvalue weighted by molar-refractivity contribution is 5.81. The molecule has 3 heterocycles. The number of carbonyl (C=O) groups is 1. The van der Waals surface area contributed by atoms with Gasteiger partial charge in [0, 0.05) is 13.1 Å². The highest BCUT2D eigenvalue weighted by Crippen LogP contribution is 2.22. The maximum atomic E-state index is 12.9. The first-order chi connectivity index (χ1) is 10.8. The molecule has 0 aliphatic carbocycles. The number of hydrogen-bond acceptors (Lipinski definition) is 4. The maximum absolute atomic E-state index is 12.9. The van der Waals surface area contributed by atoms with Crippen molar-refractivity contribution >= 4 is 5.91 Å². The first-order valence-electron chi connectivity index (χ1n) is 8.62.